The molecule has 0 unspecified atom stereocenters. The Balaban J connectivity index is 0. The highest BCUT2D eigenvalue weighted by atomic mass is 31.1. The highest BCUT2D eigenvalue weighted by molar-refractivity contribution is 7.50. The molecule has 0 aromatic heterocycles. The smallest absolute Gasteiger partial charge is 0.154 e. The van der Waals surface area contributed by atoms with Gasteiger partial charge in [-0.05, 0) is 13.3 Å². The highest BCUT2D eigenvalue weighted by Crippen LogP contribution is 2.22. The molecule has 3 nitrogen and oxygen atoms in total. The summed E-state index contributed by atoms with van der Waals surface area (Å²) in [6, 6.07) is 0. The maximum Gasteiger partial charge on any atom is 0.154 e. The van der Waals surface area contributed by atoms with Gasteiger partial charge in [-0.3, -0.25) is 0 Å². The van der Waals surface area contributed by atoms with E-state index in [1.54, 1.807) is 21.3 Å². The van der Waals surface area contributed by atoms with Gasteiger partial charge in [-0.2, -0.15) is 0 Å². The second-order valence-electron chi connectivity index (χ2n) is 1.49. The first kappa shape index (κ1) is 13.3. The average Bonchev–Trinajstić information content (AvgIpc) is 1.91. The van der Waals surface area contributed by atoms with Gasteiger partial charge in [0.15, 0.2) is 9.03 Å². The van der Waals surface area contributed by atoms with E-state index in [1.165, 1.54) is 0 Å². The van der Waals surface area contributed by atoms with Crippen molar-refractivity contribution in [1.82, 2.24) is 0 Å². The number of hydrogen-bond acceptors (Lipinski definition) is 3. The Labute approximate surface area is 66.2 Å². The summed E-state index contributed by atoms with van der Waals surface area (Å²) in [5, 5.41) is 0. The van der Waals surface area contributed by atoms with E-state index in [4.69, 9.17) is 4.52 Å². The Hall–Kier alpha value is 0.740. The molecular formula is C5H16O3P2. The van der Waals surface area contributed by atoms with Gasteiger partial charge in [0, 0.05) is 29.5 Å². The predicted octanol–water partition coefficient (Wildman–Crippen LogP) is 2.08. The zero-order chi connectivity index (χ0) is 8.41. The summed E-state index contributed by atoms with van der Waals surface area (Å²) < 4.78 is 13.8. The molecule has 0 radical (unpaired) electrons. The zero-order valence-electron chi connectivity index (χ0n) is 7.17. The minimum Gasteiger partial charge on any atom is -0.363 e. The molecule has 0 amide bonds. The van der Waals surface area contributed by atoms with Crippen molar-refractivity contribution >= 4 is 17.2 Å². The van der Waals surface area contributed by atoms with Gasteiger partial charge in [-0.1, -0.05) is 0 Å². The lowest BCUT2D eigenvalue weighted by Gasteiger charge is -1.94. The average molecular weight is 186 g/mol. The molecule has 0 aromatic rings. The van der Waals surface area contributed by atoms with E-state index >= 15 is 0 Å². The van der Waals surface area contributed by atoms with Crippen LogP contribution in [0.3, 0.4) is 0 Å². The molecule has 0 aromatic carbocycles. The third-order valence-corrected chi connectivity index (χ3v) is 1.60. The maximum absolute atomic E-state index is 4.81. The van der Waals surface area contributed by atoms with E-state index in [0.717, 1.165) is 0 Å². The molecule has 0 N–H and O–H groups in total. The Morgan fingerprint density at radius 3 is 1.30 bits per heavy atom. The van der Waals surface area contributed by atoms with Crippen molar-refractivity contribution in [2.45, 2.75) is 0 Å². The van der Waals surface area contributed by atoms with Crippen LogP contribution in [0.1, 0.15) is 0 Å². The standard InChI is InChI=1S/C3H9OP.C2H7O2P/c1-4-5(2)3;1-3-5-4-2/h1-3H3;5H,1-2H3. The van der Waals surface area contributed by atoms with Crippen LogP contribution in [0.4, 0.5) is 0 Å². The number of hydrogen-bond donors (Lipinski definition) is 0. The third-order valence-electron chi connectivity index (χ3n) is 0.532. The quantitative estimate of drug-likeness (QED) is 0.631. The Bertz CT molecular complexity index is 50.2. The van der Waals surface area contributed by atoms with Crippen molar-refractivity contribution in [3.8, 4) is 0 Å². The normalized spacial score (nSPS) is 9.00. The molecule has 0 aliphatic rings. The SMILES string of the molecule is COP(C)C.COPOC. The minimum absolute atomic E-state index is 0.0983. The van der Waals surface area contributed by atoms with Crippen molar-refractivity contribution < 1.29 is 13.6 Å². The fraction of sp³-hybridized carbons (Fsp3) is 1.00. The van der Waals surface area contributed by atoms with E-state index < -0.39 is 0 Å². The molecule has 0 rings (SSSR count). The van der Waals surface area contributed by atoms with Crippen LogP contribution in [0.25, 0.3) is 0 Å². The van der Waals surface area contributed by atoms with E-state index in [-0.39, 0.29) is 17.2 Å². The van der Waals surface area contributed by atoms with Gasteiger partial charge in [-0.25, -0.2) is 0 Å². The van der Waals surface area contributed by atoms with Crippen LogP contribution in [0, 0.1) is 0 Å². The van der Waals surface area contributed by atoms with E-state index in [1.807, 2.05) is 0 Å². The zero-order valence-corrected chi connectivity index (χ0v) is 9.07. The van der Waals surface area contributed by atoms with Gasteiger partial charge >= 0.3 is 0 Å². The molecule has 64 valence electrons. The Kier molecular flexibility index (Phi) is 16.6. The molecule has 0 aliphatic carbocycles. The third kappa shape index (κ3) is 23.3. The predicted molar refractivity (Wildman–Crippen MR) is 48.1 cm³/mol. The van der Waals surface area contributed by atoms with Gasteiger partial charge in [0.1, 0.15) is 0 Å². The monoisotopic (exact) mass is 186 g/mol. The van der Waals surface area contributed by atoms with Crippen LogP contribution in [-0.2, 0) is 13.6 Å². The van der Waals surface area contributed by atoms with Crippen LogP contribution in [0.5, 0.6) is 0 Å². The van der Waals surface area contributed by atoms with E-state index in [2.05, 4.69) is 22.4 Å². The van der Waals surface area contributed by atoms with Crippen LogP contribution >= 0.6 is 17.2 Å². The summed E-state index contributed by atoms with van der Waals surface area (Å²) in [6.45, 7) is 4.13. The molecule has 0 saturated carbocycles. The largest absolute Gasteiger partial charge is 0.363 e. The highest BCUT2D eigenvalue weighted by Gasteiger charge is 1.78. The fourth-order valence-corrected chi connectivity index (χ4v) is 0.250. The van der Waals surface area contributed by atoms with Crippen LogP contribution in [0.2, 0.25) is 0 Å². The maximum atomic E-state index is 4.81. The van der Waals surface area contributed by atoms with Gasteiger partial charge < -0.3 is 13.6 Å². The lowest BCUT2D eigenvalue weighted by atomic mass is 11.8. The molecule has 0 saturated heterocycles. The molecule has 0 atom stereocenters. The first-order valence-electron chi connectivity index (χ1n) is 2.71. The van der Waals surface area contributed by atoms with Gasteiger partial charge in [-0.15, -0.1) is 0 Å². The summed E-state index contributed by atoms with van der Waals surface area (Å²) in [4.78, 5) is 0. The van der Waals surface area contributed by atoms with Crippen molar-refractivity contribution in [2.24, 2.45) is 0 Å². The lowest BCUT2D eigenvalue weighted by molar-refractivity contribution is 0.362. The van der Waals surface area contributed by atoms with Gasteiger partial charge in [0.05, 0.1) is 0 Å². The van der Waals surface area contributed by atoms with Crippen LogP contribution < -0.4 is 0 Å². The molecule has 0 aliphatic heterocycles. The summed E-state index contributed by atoms with van der Waals surface area (Å²) in [5.41, 5.74) is 0. The van der Waals surface area contributed by atoms with Crippen molar-refractivity contribution in [3.63, 3.8) is 0 Å². The molecule has 0 bridgehead atoms. The molecule has 0 heterocycles. The Morgan fingerprint density at radius 2 is 1.30 bits per heavy atom. The molecule has 0 fully saturated rings. The topological polar surface area (TPSA) is 27.7 Å². The van der Waals surface area contributed by atoms with Crippen molar-refractivity contribution in [1.29, 1.82) is 0 Å². The number of rotatable bonds is 3. The van der Waals surface area contributed by atoms with Gasteiger partial charge in [0.2, 0.25) is 0 Å². The first-order chi connectivity index (χ1) is 4.68. The van der Waals surface area contributed by atoms with Crippen LogP contribution in [-0.4, -0.2) is 34.7 Å². The molecular weight excluding hydrogens is 170 g/mol. The molecule has 0 spiro atoms. The van der Waals surface area contributed by atoms with E-state index in [9.17, 15) is 0 Å². The molecule has 10 heavy (non-hydrogen) atoms. The first-order valence-corrected chi connectivity index (χ1v) is 5.68. The fourth-order valence-electron chi connectivity index (χ4n) is 0.0833. The van der Waals surface area contributed by atoms with E-state index in [0.29, 0.717) is 0 Å². The van der Waals surface area contributed by atoms with Crippen LogP contribution in [0.15, 0.2) is 0 Å². The summed E-state index contributed by atoms with van der Waals surface area (Å²) in [6.07, 6.45) is 0. The minimum atomic E-state index is -0.0983. The summed E-state index contributed by atoms with van der Waals surface area (Å²) in [5.74, 6) is 0. The Morgan fingerprint density at radius 1 is 1.00 bits per heavy atom. The summed E-state index contributed by atoms with van der Waals surface area (Å²) in [7, 11) is 5.03. The second-order valence-corrected chi connectivity index (χ2v) is 4.46. The van der Waals surface area contributed by atoms with Gasteiger partial charge in [0.25, 0.3) is 0 Å². The lowest BCUT2D eigenvalue weighted by Crippen LogP contribution is -1.65. The van der Waals surface area contributed by atoms with Crippen molar-refractivity contribution in [3.05, 3.63) is 0 Å². The summed E-state index contributed by atoms with van der Waals surface area (Å²) >= 11 is 0. The molecule has 5 heteroatoms. The second kappa shape index (κ2) is 12.4. The van der Waals surface area contributed by atoms with Crippen molar-refractivity contribution in [2.75, 3.05) is 34.7 Å².